The monoisotopic (exact) mass is 394 g/mol. The number of nitro benzene ring substituents is 1. The van der Waals surface area contributed by atoms with Gasteiger partial charge >= 0.3 is 0 Å². The van der Waals surface area contributed by atoms with E-state index in [4.69, 9.17) is 14.7 Å². The van der Waals surface area contributed by atoms with E-state index in [2.05, 4.69) is 14.9 Å². The molecule has 0 saturated carbocycles. The zero-order valence-electron chi connectivity index (χ0n) is 14.6. The van der Waals surface area contributed by atoms with Gasteiger partial charge in [0.05, 0.1) is 22.8 Å². The molecule has 4 aromatic rings. The van der Waals surface area contributed by atoms with Crippen molar-refractivity contribution in [3.05, 3.63) is 46.8 Å². The lowest BCUT2D eigenvalue weighted by Gasteiger charge is -2.28. The standard InChI is InChI=1S/C18H14N6O3S/c25-24(26)12-3-1-11(2-4-12)16-21-13-14-18(20-6-5-19-14)28-15(13)17(22-16)23-7-9-27-10-8-23/h1-6H,7-10H2. The summed E-state index contributed by atoms with van der Waals surface area (Å²) in [7, 11) is 0. The Morgan fingerprint density at radius 3 is 2.54 bits per heavy atom. The van der Waals surface area contributed by atoms with Gasteiger partial charge in [-0.05, 0) is 12.1 Å². The minimum atomic E-state index is -0.422. The second-order valence-electron chi connectivity index (χ2n) is 6.26. The first-order chi connectivity index (χ1) is 13.7. The van der Waals surface area contributed by atoms with Crippen molar-refractivity contribution in [2.45, 2.75) is 0 Å². The van der Waals surface area contributed by atoms with Crippen molar-refractivity contribution in [2.24, 2.45) is 0 Å². The Labute approximate surface area is 162 Å². The third kappa shape index (κ3) is 2.83. The summed E-state index contributed by atoms with van der Waals surface area (Å²) in [5.41, 5.74) is 2.23. The highest BCUT2D eigenvalue weighted by Crippen LogP contribution is 2.37. The Morgan fingerprint density at radius 1 is 1.04 bits per heavy atom. The Balaban J connectivity index is 1.72. The molecule has 3 aromatic heterocycles. The number of ether oxygens (including phenoxy) is 1. The zero-order chi connectivity index (χ0) is 19.1. The number of benzene rings is 1. The number of hydrogen-bond donors (Lipinski definition) is 0. The number of hydrogen-bond acceptors (Lipinski definition) is 9. The Hall–Kier alpha value is -3.24. The summed E-state index contributed by atoms with van der Waals surface area (Å²) in [5, 5.41) is 10.9. The average molecular weight is 394 g/mol. The number of fused-ring (bicyclic) bond motifs is 3. The number of anilines is 1. The fourth-order valence-corrected chi connectivity index (χ4v) is 4.26. The maximum atomic E-state index is 10.9. The molecule has 4 heterocycles. The van der Waals surface area contributed by atoms with Crippen LogP contribution < -0.4 is 4.90 Å². The molecule has 0 amide bonds. The van der Waals surface area contributed by atoms with E-state index in [1.165, 1.54) is 23.5 Å². The van der Waals surface area contributed by atoms with Crippen LogP contribution in [0, 0.1) is 10.1 Å². The normalized spacial score (nSPS) is 14.6. The van der Waals surface area contributed by atoms with Crippen LogP contribution in [0.2, 0.25) is 0 Å². The summed E-state index contributed by atoms with van der Waals surface area (Å²) in [6.45, 7) is 2.75. The van der Waals surface area contributed by atoms with Crippen LogP contribution in [0.1, 0.15) is 0 Å². The minimum Gasteiger partial charge on any atom is -0.378 e. The van der Waals surface area contributed by atoms with Gasteiger partial charge < -0.3 is 9.64 Å². The summed E-state index contributed by atoms with van der Waals surface area (Å²) in [6.07, 6.45) is 3.31. The first-order valence-electron chi connectivity index (χ1n) is 8.69. The highest BCUT2D eigenvalue weighted by molar-refractivity contribution is 7.25. The maximum Gasteiger partial charge on any atom is 0.269 e. The molecule has 1 saturated heterocycles. The molecule has 0 aliphatic carbocycles. The Bertz CT molecular complexity index is 1190. The lowest BCUT2D eigenvalue weighted by atomic mass is 10.2. The molecule has 1 aliphatic heterocycles. The number of morpholine rings is 1. The summed E-state index contributed by atoms with van der Waals surface area (Å²) < 4.78 is 6.41. The molecule has 28 heavy (non-hydrogen) atoms. The molecule has 0 radical (unpaired) electrons. The summed E-state index contributed by atoms with van der Waals surface area (Å²) >= 11 is 1.52. The second kappa shape index (κ2) is 6.73. The van der Waals surface area contributed by atoms with Gasteiger partial charge in [0.1, 0.15) is 15.9 Å². The van der Waals surface area contributed by atoms with Gasteiger partial charge in [-0.1, -0.05) is 0 Å². The van der Waals surface area contributed by atoms with Crippen LogP contribution in [0.25, 0.3) is 32.0 Å². The molecule has 1 aliphatic rings. The van der Waals surface area contributed by atoms with Crippen molar-refractivity contribution in [1.29, 1.82) is 0 Å². The maximum absolute atomic E-state index is 10.9. The van der Waals surface area contributed by atoms with E-state index in [1.54, 1.807) is 24.5 Å². The van der Waals surface area contributed by atoms with Gasteiger partial charge in [-0.3, -0.25) is 10.1 Å². The molecular formula is C18H14N6O3S. The van der Waals surface area contributed by atoms with Gasteiger partial charge in [0.15, 0.2) is 11.6 Å². The van der Waals surface area contributed by atoms with Gasteiger partial charge in [0.25, 0.3) is 5.69 Å². The van der Waals surface area contributed by atoms with Crippen LogP contribution in [0.3, 0.4) is 0 Å². The van der Waals surface area contributed by atoms with Crippen molar-refractivity contribution in [2.75, 3.05) is 31.2 Å². The predicted molar refractivity (Wildman–Crippen MR) is 106 cm³/mol. The molecule has 0 bridgehead atoms. The number of nitrogens with zero attached hydrogens (tertiary/aromatic N) is 6. The van der Waals surface area contributed by atoms with E-state index in [9.17, 15) is 10.1 Å². The van der Waals surface area contributed by atoms with E-state index in [0.29, 0.717) is 24.6 Å². The second-order valence-corrected chi connectivity index (χ2v) is 7.26. The van der Waals surface area contributed by atoms with E-state index < -0.39 is 4.92 Å². The molecule has 5 rings (SSSR count). The molecule has 0 spiro atoms. The number of thiophene rings is 1. The molecule has 1 fully saturated rings. The molecule has 0 atom stereocenters. The van der Waals surface area contributed by atoms with Crippen molar-refractivity contribution < 1.29 is 9.66 Å². The van der Waals surface area contributed by atoms with Crippen molar-refractivity contribution >= 4 is 43.4 Å². The summed E-state index contributed by atoms with van der Waals surface area (Å²) in [6, 6.07) is 6.26. The topological polar surface area (TPSA) is 107 Å². The van der Waals surface area contributed by atoms with Gasteiger partial charge in [-0.15, -0.1) is 11.3 Å². The third-order valence-corrected chi connectivity index (χ3v) is 5.65. The number of rotatable bonds is 3. The lowest BCUT2D eigenvalue weighted by molar-refractivity contribution is -0.384. The third-order valence-electron chi connectivity index (χ3n) is 4.58. The van der Waals surface area contributed by atoms with Crippen molar-refractivity contribution in [1.82, 2.24) is 19.9 Å². The van der Waals surface area contributed by atoms with E-state index in [0.717, 1.165) is 39.5 Å². The first-order valence-corrected chi connectivity index (χ1v) is 9.51. The Morgan fingerprint density at radius 2 is 1.79 bits per heavy atom. The highest BCUT2D eigenvalue weighted by atomic mass is 32.1. The summed E-state index contributed by atoms with van der Waals surface area (Å²) in [5.74, 6) is 1.33. The predicted octanol–water partition coefficient (Wildman–Crippen LogP) is 3.05. The van der Waals surface area contributed by atoms with Gasteiger partial charge in [-0.25, -0.2) is 19.9 Å². The van der Waals surface area contributed by atoms with Crippen molar-refractivity contribution in [3.8, 4) is 11.4 Å². The van der Waals surface area contributed by atoms with Crippen LogP contribution >= 0.6 is 11.3 Å². The van der Waals surface area contributed by atoms with Crippen LogP contribution in [0.5, 0.6) is 0 Å². The average Bonchev–Trinajstić information content (AvgIpc) is 3.12. The molecule has 0 N–H and O–H groups in total. The van der Waals surface area contributed by atoms with Crippen LogP contribution in [-0.4, -0.2) is 51.2 Å². The molecule has 0 unspecified atom stereocenters. The van der Waals surface area contributed by atoms with E-state index in [-0.39, 0.29) is 5.69 Å². The lowest BCUT2D eigenvalue weighted by Crippen LogP contribution is -2.36. The molecule has 10 heteroatoms. The molecule has 1 aromatic carbocycles. The Kier molecular flexibility index (Phi) is 4.06. The van der Waals surface area contributed by atoms with Gasteiger partial charge in [0, 0.05) is 43.2 Å². The first kappa shape index (κ1) is 16.9. The fourth-order valence-electron chi connectivity index (χ4n) is 3.20. The SMILES string of the molecule is O=[N+]([O-])c1ccc(-c2nc(N3CCOCC3)c3sc4nccnc4c3n2)cc1. The quantitative estimate of drug-likeness (QED) is 0.385. The minimum absolute atomic E-state index is 0.0325. The van der Waals surface area contributed by atoms with E-state index in [1.807, 2.05) is 0 Å². The van der Waals surface area contributed by atoms with Crippen molar-refractivity contribution in [3.63, 3.8) is 0 Å². The van der Waals surface area contributed by atoms with E-state index >= 15 is 0 Å². The number of aromatic nitrogens is 4. The largest absolute Gasteiger partial charge is 0.378 e. The van der Waals surface area contributed by atoms with Gasteiger partial charge in [0.2, 0.25) is 0 Å². The summed E-state index contributed by atoms with van der Waals surface area (Å²) in [4.78, 5) is 31.9. The number of non-ortho nitro benzene ring substituents is 1. The van der Waals surface area contributed by atoms with Crippen LogP contribution in [0.15, 0.2) is 36.7 Å². The van der Waals surface area contributed by atoms with Crippen LogP contribution in [-0.2, 0) is 4.74 Å². The van der Waals surface area contributed by atoms with Gasteiger partial charge in [-0.2, -0.15) is 0 Å². The molecular weight excluding hydrogens is 380 g/mol. The highest BCUT2D eigenvalue weighted by Gasteiger charge is 2.22. The molecule has 140 valence electrons. The smallest absolute Gasteiger partial charge is 0.269 e. The zero-order valence-corrected chi connectivity index (χ0v) is 15.4. The molecule has 9 nitrogen and oxygen atoms in total. The van der Waals surface area contributed by atoms with Crippen LogP contribution in [0.4, 0.5) is 11.5 Å². The number of nitro groups is 1. The fraction of sp³-hybridized carbons (Fsp3) is 0.222.